The lowest BCUT2D eigenvalue weighted by Crippen LogP contribution is -1.97. The quantitative estimate of drug-likeness (QED) is 0.713. The molecule has 0 aliphatic rings. The van der Waals surface area contributed by atoms with Crippen molar-refractivity contribution in [3.63, 3.8) is 0 Å². The molecule has 0 unspecified atom stereocenters. The van der Waals surface area contributed by atoms with E-state index in [0.29, 0.717) is 11.3 Å². The second-order valence-electron chi connectivity index (χ2n) is 3.87. The standard InChI is InChI=1S/C14H9BrClFO2/c1-8(18)11-4-2-9(15)6-14(11)19-10-3-5-12(16)13(17)7-10/h2-7H,1H3. The number of ketones is 1. The molecule has 0 aromatic heterocycles. The first-order chi connectivity index (χ1) is 8.97. The molecule has 5 heteroatoms. The van der Waals surface area contributed by atoms with E-state index in [1.165, 1.54) is 25.1 Å². The van der Waals surface area contributed by atoms with E-state index in [9.17, 15) is 9.18 Å². The third-order valence-electron chi connectivity index (χ3n) is 2.44. The molecule has 0 fully saturated rings. The van der Waals surface area contributed by atoms with Crippen molar-refractivity contribution in [2.75, 3.05) is 0 Å². The third kappa shape index (κ3) is 3.33. The van der Waals surface area contributed by atoms with Gasteiger partial charge < -0.3 is 4.74 Å². The lowest BCUT2D eigenvalue weighted by atomic mass is 10.1. The molecular formula is C14H9BrClFO2. The number of halogens is 3. The van der Waals surface area contributed by atoms with Gasteiger partial charge in [-0.15, -0.1) is 0 Å². The Morgan fingerprint density at radius 3 is 2.63 bits per heavy atom. The Balaban J connectivity index is 2.39. The van der Waals surface area contributed by atoms with E-state index in [2.05, 4.69) is 15.9 Å². The minimum Gasteiger partial charge on any atom is -0.456 e. The number of Topliss-reactive ketones (excluding diaryl/α,β-unsaturated/α-hetero) is 1. The molecular weight excluding hydrogens is 335 g/mol. The van der Waals surface area contributed by atoms with Gasteiger partial charge in [-0.05, 0) is 37.3 Å². The highest BCUT2D eigenvalue weighted by molar-refractivity contribution is 9.10. The van der Waals surface area contributed by atoms with Crippen molar-refractivity contribution in [3.8, 4) is 11.5 Å². The predicted octanol–water partition coefficient (Wildman–Crippen LogP) is 5.24. The zero-order valence-corrected chi connectivity index (χ0v) is 12.3. The molecule has 0 aliphatic carbocycles. The Morgan fingerprint density at radius 1 is 1.26 bits per heavy atom. The molecule has 2 aromatic rings. The molecule has 98 valence electrons. The van der Waals surface area contributed by atoms with E-state index in [-0.39, 0.29) is 16.6 Å². The van der Waals surface area contributed by atoms with Crippen molar-refractivity contribution >= 4 is 33.3 Å². The molecule has 2 rings (SSSR count). The minimum absolute atomic E-state index is 0.0217. The van der Waals surface area contributed by atoms with Crippen molar-refractivity contribution in [2.45, 2.75) is 6.92 Å². The number of ether oxygens (including phenoxy) is 1. The first-order valence-electron chi connectivity index (χ1n) is 5.41. The van der Waals surface area contributed by atoms with Gasteiger partial charge in [-0.1, -0.05) is 27.5 Å². The summed E-state index contributed by atoms with van der Waals surface area (Å²) in [6, 6.07) is 9.16. The second kappa shape index (κ2) is 5.72. The van der Waals surface area contributed by atoms with E-state index in [0.717, 1.165) is 4.47 Å². The minimum atomic E-state index is -0.571. The SMILES string of the molecule is CC(=O)c1ccc(Br)cc1Oc1ccc(Cl)c(F)c1. The summed E-state index contributed by atoms with van der Waals surface area (Å²) >= 11 is 8.90. The first-order valence-corrected chi connectivity index (χ1v) is 6.58. The summed E-state index contributed by atoms with van der Waals surface area (Å²) in [6.07, 6.45) is 0. The molecule has 0 amide bonds. The maximum absolute atomic E-state index is 13.3. The van der Waals surface area contributed by atoms with Gasteiger partial charge in [-0.3, -0.25) is 4.79 Å². The molecule has 0 N–H and O–H groups in total. The van der Waals surface area contributed by atoms with Gasteiger partial charge in [-0.25, -0.2) is 4.39 Å². The topological polar surface area (TPSA) is 26.3 Å². The van der Waals surface area contributed by atoms with Crippen LogP contribution < -0.4 is 4.74 Å². The Labute approximate surface area is 123 Å². The molecule has 0 saturated carbocycles. The van der Waals surface area contributed by atoms with Crippen LogP contribution in [0.5, 0.6) is 11.5 Å². The van der Waals surface area contributed by atoms with Gasteiger partial charge in [-0.2, -0.15) is 0 Å². The van der Waals surface area contributed by atoms with Gasteiger partial charge in [0.05, 0.1) is 10.6 Å². The highest BCUT2D eigenvalue weighted by atomic mass is 79.9. The summed E-state index contributed by atoms with van der Waals surface area (Å²) in [4.78, 5) is 11.5. The summed E-state index contributed by atoms with van der Waals surface area (Å²) in [5.41, 5.74) is 0.429. The fraction of sp³-hybridized carbons (Fsp3) is 0.0714. The van der Waals surface area contributed by atoms with Gasteiger partial charge in [0.1, 0.15) is 17.3 Å². The zero-order chi connectivity index (χ0) is 14.0. The van der Waals surface area contributed by atoms with Crippen molar-refractivity contribution in [2.24, 2.45) is 0 Å². The van der Waals surface area contributed by atoms with E-state index in [1.807, 2.05) is 0 Å². The van der Waals surface area contributed by atoms with Gasteiger partial charge in [0.15, 0.2) is 5.78 Å². The third-order valence-corrected chi connectivity index (χ3v) is 3.24. The van der Waals surface area contributed by atoms with Crippen LogP contribution in [0.15, 0.2) is 40.9 Å². The molecule has 19 heavy (non-hydrogen) atoms. The van der Waals surface area contributed by atoms with E-state index < -0.39 is 5.82 Å². The van der Waals surface area contributed by atoms with Crippen LogP contribution >= 0.6 is 27.5 Å². The lowest BCUT2D eigenvalue weighted by molar-refractivity contribution is 0.101. The van der Waals surface area contributed by atoms with Crippen LogP contribution in [0.2, 0.25) is 5.02 Å². The normalized spacial score (nSPS) is 10.3. The number of carbonyl (C=O) groups is 1. The van der Waals surface area contributed by atoms with Crippen LogP contribution in [0, 0.1) is 5.82 Å². The summed E-state index contributed by atoms with van der Waals surface area (Å²) < 4.78 is 19.6. The summed E-state index contributed by atoms with van der Waals surface area (Å²) in [5.74, 6) is -0.0541. The molecule has 0 bridgehead atoms. The number of hydrogen-bond acceptors (Lipinski definition) is 2. The van der Waals surface area contributed by atoms with Crippen molar-refractivity contribution in [1.29, 1.82) is 0 Å². The fourth-order valence-electron chi connectivity index (χ4n) is 1.54. The smallest absolute Gasteiger partial charge is 0.163 e. The molecule has 2 nitrogen and oxygen atoms in total. The fourth-order valence-corrected chi connectivity index (χ4v) is 2.00. The van der Waals surface area contributed by atoms with Crippen LogP contribution in [-0.2, 0) is 0 Å². The summed E-state index contributed by atoms with van der Waals surface area (Å²) in [5, 5.41) is 0.0217. The van der Waals surface area contributed by atoms with E-state index >= 15 is 0 Å². The van der Waals surface area contributed by atoms with Crippen molar-refractivity contribution in [1.82, 2.24) is 0 Å². The average molecular weight is 344 g/mol. The summed E-state index contributed by atoms with van der Waals surface area (Å²) in [7, 11) is 0. The zero-order valence-electron chi connectivity index (χ0n) is 9.91. The number of hydrogen-bond donors (Lipinski definition) is 0. The molecule has 0 saturated heterocycles. The molecule has 2 aromatic carbocycles. The molecule has 0 spiro atoms. The Kier molecular flexibility index (Phi) is 4.22. The highest BCUT2D eigenvalue weighted by Crippen LogP contribution is 2.30. The maximum atomic E-state index is 13.3. The maximum Gasteiger partial charge on any atom is 0.163 e. The Bertz CT molecular complexity index is 643. The molecule has 0 atom stereocenters. The monoisotopic (exact) mass is 342 g/mol. The number of benzene rings is 2. The van der Waals surface area contributed by atoms with E-state index in [1.54, 1.807) is 18.2 Å². The second-order valence-corrected chi connectivity index (χ2v) is 5.20. The number of carbonyl (C=O) groups excluding carboxylic acids is 1. The van der Waals surface area contributed by atoms with Crippen molar-refractivity contribution in [3.05, 3.63) is 57.3 Å². The Hall–Kier alpha value is -1.39. The van der Waals surface area contributed by atoms with Gasteiger partial charge in [0, 0.05) is 10.5 Å². The van der Waals surface area contributed by atoms with Crippen LogP contribution in [0.1, 0.15) is 17.3 Å². The van der Waals surface area contributed by atoms with Crippen LogP contribution in [0.25, 0.3) is 0 Å². The van der Waals surface area contributed by atoms with Gasteiger partial charge >= 0.3 is 0 Å². The largest absolute Gasteiger partial charge is 0.456 e. The van der Waals surface area contributed by atoms with Crippen LogP contribution in [0.4, 0.5) is 4.39 Å². The highest BCUT2D eigenvalue weighted by Gasteiger charge is 2.11. The molecule has 0 radical (unpaired) electrons. The molecule has 0 aliphatic heterocycles. The summed E-state index contributed by atoms with van der Waals surface area (Å²) in [6.45, 7) is 1.44. The Morgan fingerprint density at radius 2 is 2.00 bits per heavy atom. The van der Waals surface area contributed by atoms with E-state index in [4.69, 9.17) is 16.3 Å². The van der Waals surface area contributed by atoms with Crippen molar-refractivity contribution < 1.29 is 13.9 Å². The molecule has 0 heterocycles. The first kappa shape index (κ1) is 14.0. The van der Waals surface area contributed by atoms with Gasteiger partial charge in [0.25, 0.3) is 0 Å². The predicted molar refractivity (Wildman–Crippen MR) is 75.6 cm³/mol. The van der Waals surface area contributed by atoms with Crippen LogP contribution in [-0.4, -0.2) is 5.78 Å². The van der Waals surface area contributed by atoms with Crippen LogP contribution in [0.3, 0.4) is 0 Å². The average Bonchev–Trinajstić information content (AvgIpc) is 2.33. The van der Waals surface area contributed by atoms with Gasteiger partial charge in [0.2, 0.25) is 0 Å². The number of rotatable bonds is 3. The lowest BCUT2D eigenvalue weighted by Gasteiger charge is -2.10.